The summed E-state index contributed by atoms with van der Waals surface area (Å²) in [5, 5.41) is 0. The molecule has 0 aliphatic carbocycles. The van der Waals surface area contributed by atoms with Crippen LogP contribution >= 0.6 is 63.3 Å². The molecule has 0 saturated carbocycles. The van der Waals surface area contributed by atoms with E-state index in [0.717, 1.165) is 0 Å². The average Bonchev–Trinajstić information content (AvgIpc) is 1.25. The van der Waals surface area contributed by atoms with E-state index in [-0.39, 0.29) is 0 Å². The Labute approximate surface area is 80.7 Å². The Kier molecular flexibility index (Phi) is 15.6. The monoisotopic (exact) mass is 312 g/mol. The standard InChI is InChI=1S/Cl3Ge.Cl3Si/c2*1-4(2)3. The van der Waals surface area contributed by atoms with Crippen molar-refractivity contribution in [3.05, 3.63) is 0 Å². The number of hydrogen-bond donors (Lipinski definition) is 0. The van der Waals surface area contributed by atoms with Crippen LogP contribution in [-0.4, -0.2) is 18.3 Å². The van der Waals surface area contributed by atoms with Crippen LogP contribution in [0.5, 0.6) is 0 Å². The van der Waals surface area contributed by atoms with E-state index in [1.807, 2.05) is 0 Å². The molecule has 0 aliphatic heterocycles. The summed E-state index contributed by atoms with van der Waals surface area (Å²) in [5.41, 5.74) is 0. The van der Waals surface area contributed by atoms with Gasteiger partial charge in [0.15, 0.2) is 0 Å². The van der Waals surface area contributed by atoms with Crippen molar-refractivity contribution in [1.29, 1.82) is 0 Å². The van der Waals surface area contributed by atoms with Gasteiger partial charge in [-0.05, 0) is 0 Å². The first-order chi connectivity index (χ1) is 3.46. The van der Waals surface area contributed by atoms with E-state index in [0.29, 0.717) is 0 Å². The second-order valence-corrected chi connectivity index (χ2v) is 15.8. The average molecular weight is 313 g/mol. The van der Waals surface area contributed by atoms with E-state index in [1.54, 1.807) is 0 Å². The number of halogens is 6. The van der Waals surface area contributed by atoms with Crippen molar-refractivity contribution in [2.45, 2.75) is 0 Å². The molecule has 50 valence electrons. The zero-order valence-electron chi connectivity index (χ0n) is 3.27. The zero-order chi connectivity index (χ0) is 7.15. The van der Waals surface area contributed by atoms with Crippen molar-refractivity contribution in [2.75, 3.05) is 0 Å². The van der Waals surface area contributed by atoms with Gasteiger partial charge < -0.3 is 0 Å². The van der Waals surface area contributed by atoms with E-state index >= 15 is 0 Å². The van der Waals surface area contributed by atoms with Gasteiger partial charge in [0.05, 0.1) is 0 Å². The van der Waals surface area contributed by atoms with E-state index in [9.17, 15) is 0 Å². The Bertz CT molecular complexity index is 24.0. The summed E-state index contributed by atoms with van der Waals surface area (Å²) in [4.78, 5) is 0. The molecule has 0 spiro atoms. The van der Waals surface area contributed by atoms with Crippen LogP contribution in [-0.2, 0) is 0 Å². The maximum atomic E-state index is 4.97. The second-order valence-electron chi connectivity index (χ2n) is 0.429. The SMILES string of the molecule is Cl[Si](Cl)Cl.[Cl][Ge]([Cl])[Cl]. The summed E-state index contributed by atoms with van der Waals surface area (Å²) >= 11 is 12.8. The third-order valence-electron chi connectivity index (χ3n) is 0. The molecular formula is Cl6GeSi. The van der Waals surface area contributed by atoms with Gasteiger partial charge in [-0.2, -0.15) is 0 Å². The molecule has 0 aromatic rings. The molecule has 0 nitrogen and oxygen atoms in total. The van der Waals surface area contributed by atoms with Gasteiger partial charge in [0.1, 0.15) is 0 Å². The summed E-state index contributed by atoms with van der Waals surface area (Å²) in [6.45, 7) is -1.46. The number of rotatable bonds is 0. The molecule has 8 heteroatoms. The zero-order valence-corrected chi connectivity index (χ0v) is 10.9. The fourth-order valence-corrected chi connectivity index (χ4v) is 0. The van der Waals surface area contributed by atoms with Crippen LogP contribution in [0.4, 0.5) is 0 Å². The quantitative estimate of drug-likeness (QED) is 0.475. The minimum atomic E-state index is -1.92. The predicted octanol–water partition coefficient (Wildman–Crippen LogP) is 3.38. The Morgan fingerprint density at radius 2 is 0.875 bits per heavy atom. The van der Waals surface area contributed by atoms with E-state index < -0.39 is 18.3 Å². The van der Waals surface area contributed by atoms with Gasteiger partial charge in [-0.15, -0.1) is 33.2 Å². The van der Waals surface area contributed by atoms with Crippen molar-refractivity contribution in [1.82, 2.24) is 0 Å². The van der Waals surface area contributed by atoms with Gasteiger partial charge in [-0.25, -0.2) is 0 Å². The normalized spacial score (nSPS) is 9.00. The molecule has 0 bridgehead atoms. The van der Waals surface area contributed by atoms with E-state index in [1.165, 1.54) is 0 Å². The Morgan fingerprint density at radius 1 is 0.875 bits per heavy atom. The van der Waals surface area contributed by atoms with Gasteiger partial charge >= 0.3 is 48.3 Å². The maximum absolute atomic E-state index is 4.97. The van der Waals surface area contributed by atoms with E-state index in [2.05, 4.69) is 0 Å². The van der Waals surface area contributed by atoms with Crippen LogP contribution in [0.2, 0.25) is 0 Å². The molecule has 0 aliphatic rings. The molecule has 0 amide bonds. The molecule has 0 unspecified atom stereocenters. The van der Waals surface area contributed by atoms with Gasteiger partial charge in [0.25, 0.3) is 0 Å². The Morgan fingerprint density at radius 3 is 0.875 bits per heavy atom. The van der Waals surface area contributed by atoms with Crippen LogP contribution in [0, 0.1) is 0 Å². The second kappa shape index (κ2) is 9.50. The molecule has 0 fully saturated rings. The fourth-order valence-electron chi connectivity index (χ4n) is 0. The van der Waals surface area contributed by atoms with Crippen molar-refractivity contribution in [3.63, 3.8) is 0 Å². The molecule has 0 aromatic carbocycles. The van der Waals surface area contributed by atoms with Gasteiger partial charge in [-0.1, -0.05) is 0 Å². The molecule has 0 rings (SSSR count). The first-order valence-corrected chi connectivity index (χ1v) is 13.9. The molecule has 0 heterocycles. The van der Waals surface area contributed by atoms with Crippen molar-refractivity contribution in [2.24, 2.45) is 0 Å². The molecule has 2 radical (unpaired) electrons. The van der Waals surface area contributed by atoms with Crippen LogP contribution < -0.4 is 0 Å². The third-order valence-corrected chi connectivity index (χ3v) is 0. The van der Waals surface area contributed by atoms with Crippen LogP contribution in [0.25, 0.3) is 0 Å². The summed E-state index contributed by atoms with van der Waals surface area (Å²) in [7, 11) is 14.9. The van der Waals surface area contributed by atoms with Crippen LogP contribution in [0.15, 0.2) is 0 Å². The first kappa shape index (κ1) is 13.1. The molecule has 0 atom stereocenters. The molecule has 0 N–H and O–H groups in total. The summed E-state index contributed by atoms with van der Waals surface area (Å²) < 4.78 is 0. The fraction of sp³-hybridized carbons (Fsp3) is 0. The van der Waals surface area contributed by atoms with Gasteiger partial charge in [-0.3, -0.25) is 0 Å². The summed E-state index contributed by atoms with van der Waals surface area (Å²) in [5.74, 6) is 0. The Balaban J connectivity index is 0. The molecule has 8 heavy (non-hydrogen) atoms. The van der Waals surface area contributed by atoms with Crippen LogP contribution in [0.3, 0.4) is 0 Å². The number of hydrogen-bond acceptors (Lipinski definition) is 0. The topological polar surface area (TPSA) is 0 Å². The van der Waals surface area contributed by atoms with Gasteiger partial charge in [0.2, 0.25) is 0 Å². The summed E-state index contributed by atoms with van der Waals surface area (Å²) in [6.07, 6.45) is 0. The van der Waals surface area contributed by atoms with Crippen LogP contribution in [0.1, 0.15) is 0 Å². The van der Waals surface area contributed by atoms with E-state index in [4.69, 9.17) is 63.3 Å². The third kappa shape index (κ3) is 76.5. The predicted molar refractivity (Wildman–Crippen MR) is 46.6 cm³/mol. The minimum absolute atomic E-state index is 1.46. The molecular weight excluding hydrogens is 313 g/mol. The molecule has 0 saturated heterocycles. The van der Waals surface area contributed by atoms with Gasteiger partial charge in [0, 0.05) is 0 Å². The van der Waals surface area contributed by atoms with Crippen molar-refractivity contribution >= 4 is 81.6 Å². The Hall–Kier alpha value is 2.50. The summed E-state index contributed by atoms with van der Waals surface area (Å²) in [6, 6.07) is 0. The van der Waals surface area contributed by atoms with Crippen molar-refractivity contribution in [3.8, 4) is 0 Å². The van der Waals surface area contributed by atoms with Crippen molar-refractivity contribution < 1.29 is 0 Å². The first-order valence-electron chi connectivity index (χ1n) is 1.13. The molecule has 0 aromatic heterocycles.